The van der Waals surface area contributed by atoms with E-state index >= 15 is 0 Å². The third kappa shape index (κ3) is 1.58. The number of aromatic nitrogens is 2. The molecule has 0 N–H and O–H groups in total. The Labute approximate surface area is 79.5 Å². The molecular weight excluding hydrogens is 192 g/mol. The molecule has 1 atom stereocenters. The summed E-state index contributed by atoms with van der Waals surface area (Å²) >= 11 is 5.76. The van der Waals surface area contributed by atoms with Crippen molar-refractivity contribution < 1.29 is 8.94 Å². The molecule has 0 fully saturated rings. The Morgan fingerprint density at radius 3 is 2.92 bits per heavy atom. The highest BCUT2D eigenvalue weighted by atomic mass is 35.5. The summed E-state index contributed by atoms with van der Waals surface area (Å²) in [7, 11) is 0. The summed E-state index contributed by atoms with van der Waals surface area (Å²) in [6, 6.07) is 1.76. The van der Waals surface area contributed by atoms with Crippen LogP contribution >= 0.6 is 11.6 Å². The minimum absolute atomic E-state index is 0.270. The standard InChI is InChI=1S/C8H7ClN2O2/c1-5(9)8-10-7(11-13-8)6-2-3-12-4-6/h2-5H,1H3. The van der Waals surface area contributed by atoms with Crippen LogP contribution in [0.15, 0.2) is 27.5 Å². The molecule has 0 saturated heterocycles. The predicted molar refractivity (Wildman–Crippen MR) is 46.3 cm³/mol. The van der Waals surface area contributed by atoms with Crippen LogP contribution in [-0.2, 0) is 0 Å². The fourth-order valence-corrected chi connectivity index (χ4v) is 0.994. The average Bonchev–Trinajstić information content (AvgIpc) is 2.75. The summed E-state index contributed by atoms with van der Waals surface area (Å²) in [5.74, 6) is 0.911. The smallest absolute Gasteiger partial charge is 0.244 e. The van der Waals surface area contributed by atoms with Crippen LogP contribution in [0.1, 0.15) is 18.2 Å². The lowest BCUT2D eigenvalue weighted by atomic mass is 10.3. The Balaban J connectivity index is 2.33. The van der Waals surface area contributed by atoms with Crippen molar-refractivity contribution >= 4 is 11.6 Å². The maximum atomic E-state index is 5.76. The quantitative estimate of drug-likeness (QED) is 0.696. The topological polar surface area (TPSA) is 52.1 Å². The highest BCUT2D eigenvalue weighted by Gasteiger charge is 2.12. The third-order valence-corrected chi connectivity index (χ3v) is 1.75. The zero-order valence-electron chi connectivity index (χ0n) is 6.90. The zero-order valence-corrected chi connectivity index (χ0v) is 7.65. The van der Waals surface area contributed by atoms with Crippen LogP contribution in [0.2, 0.25) is 0 Å². The van der Waals surface area contributed by atoms with Gasteiger partial charge in [0, 0.05) is 0 Å². The van der Waals surface area contributed by atoms with Crippen molar-refractivity contribution in [2.45, 2.75) is 12.3 Å². The highest BCUT2D eigenvalue weighted by Crippen LogP contribution is 2.21. The van der Waals surface area contributed by atoms with Gasteiger partial charge < -0.3 is 8.94 Å². The van der Waals surface area contributed by atoms with Gasteiger partial charge in [-0.05, 0) is 13.0 Å². The average molecular weight is 199 g/mol. The van der Waals surface area contributed by atoms with Gasteiger partial charge in [-0.25, -0.2) is 0 Å². The molecular formula is C8H7ClN2O2. The Bertz CT molecular complexity index is 381. The van der Waals surface area contributed by atoms with E-state index < -0.39 is 0 Å². The monoisotopic (exact) mass is 198 g/mol. The van der Waals surface area contributed by atoms with Crippen LogP contribution < -0.4 is 0 Å². The molecule has 0 aromatic carbocycles. The minimum atomic E-state index is -0.270. The summed E-state index contributed by atoms with van der Waals surface area (Å²) < 4.78 is 9.80. The van der Waals surface area contributed by atoms with Crippen molar-refractivity contribution in [1.82, 2.24) is 10.1 Å². The second kappa shape index (κ2) is 3.22. The van der Waals surface area contributed by atoms with Crippen molar-refractivity contribution in [2.75, 3.05) is 0 Å². The molecule has 0 spiro atoms. The van der Waals surface area contributed by atoms with Crippen molar-refractivity contribution in [1.29, 1.82) is 0 Å². The largest absolute Gasteiger partial charge is 0.472 e. The highest BCUT2D eigenvalue weighted by molar-refractivity contribution is 6.20. The molecule has 0 radical (unpaired) electrons. The summed E-state index contributed by atoms with van der Waals surface area (Å²) in [6.45, 7) is 1.77. The Morgan fingerprint density at radius 1 is 1.54 bits per heavy atom. The Hall–Kier alpha value is -1.29. The molecule has 1 unspecified atom stereocenters. The van der Waals surface area contributed by atoms with E-state index in [9.17, 15) is 0 Å². The summed E-state index contributed by atoms with van der Waals surface area (Å²) in [6.07, 6.45) is 3.10. The van der Waals surface area contributed by atoms with Crippen LogP contribution in [0.4, 0.5) is 0 Å². The maximum Gasteiger partial charge on any atom is 0.244 e. The number of furan rings is 1. The summed E-state index contributed by atoms with van der Waals surface area (Å²) in [4.78, 5) is 4.08. The van der Waals surface area contributed by atoms with Gasteiger partial charge in [-0.1, -0.05) is 5.16 Å². The van der Waals surface area contributed by atoms with E-state index in [1.165, 1.54) is 0 Å². The first-order chi connectivity index (χ1) is 6.27. The second-order valence-corrected chi connectivity index (χ2v) is 3.24. The Morgan fingerprint density at radius 2 is 2.38 bits per heavy atom. The first-order valence-corrected chi connectivity index (χ1v) is 4.21. The number of alkyl halides is 1. The Kier molecular flexibility index (Phi) is 2.06. The number of halogens is 1. The zero-order chi connectivity index (χ0) is 9.26. The molecule has 0 aliphatic heterocycles. The third-order valence-electron chi connectivity index (χ3n) is 1.56. The SMILES string of the molecule is CC(Cl)c1nc(-c2ccoc2)no1. The summed E-state index contributed by atoms with van der Waals surface area (Å²) in [5, 5.41) is 3.48. The van der Waals surface area contributed by atoms with Crippen molar-refractivity contribution in [2.24, 2.45) is 0 Å². The fourth-order valence-electron chi connectivity index (χ4n) is 0.906. The van der Waals surface area contributed by atoms with E-state index in [4.69, 9.17) is 20.5 Å². The molecule has 4 nitrogen and oxygen atoms in total. The lowest BCUT2D eigenvalue weighted by molar-refractivity contribution is 0.379. The fraction of sp³-hybridized carbons (Fsp3) is 0.250. The first-order valence-electron chi connectivity index (χ1n) is 3.77. The van der Waals surface area contributed by atoms with Crippen LogP contribution in [0.25, 0.3) is 11.4 Å². The molecule has 2 rings (SSSR count). The summed E-state index contributed by atoms with van der Waals surface area (Å²) in [5.41, 5.74) is 0.785. The number of rotatable bonds is 2. The van der Waals surface area contributed by atoms with Crippen LogP contribution in [0.5, 0.6) is 0 Å². The van der Waals surface area contributed by atoms with Gasteiger partial charge in [0.15, 0.2) is 0 Å². The molecule has 0 saturated carbocycles. The molecule has 5 heteroatoms. The van der Waals surface area contributed by atoms with Gasteiger partial charge in [0.25, 0.3) is 0 Å². The van der Waals surface area contributed by atoms with E-state index in [1.54, 1.807) is 25.5 Å². The van der Waals surface area contributed by atoms with E-state index in [0.29, 0.717) is 11.7 Å². The molecule has 0 bridgehead atoms. The normalized spacial score (nSPS) is 13.1. The molecule has 0 aliphatic rings. The van der Waals surface area contributed by atoms with Crippen LogP contribution in [0.3, 0.4) is 0 Å². The van der Waals surface area contributed by atoms with Gasteiger partial charge in [0.1, 0.15) is 11.6 Å². The van der Waals surface area contributed by atoms with Crippen molar-refractivity contribution in [3.63, 3.8) is 0 Å². The van der Waals surface area contributed by atoms with Gasteiger partial charge in [-0.3, -0.25) is 0 Å². The van der Waals surface area contributed by atoms with Crippen LogP contribution in [0, 0.1) is 0 Å². The lowest BCUT2D eigenvalue weighted by Crippen LogP contribution is -1.83. The lowest BCUT2D eigenvalue weighted by Gasteiger charge is -1.89. The van der Waals surface area contributed by atoms with Crippen molar-refractivity contribution in [3.05, 3.63) is 24.5 Å². The molecule has 0 aliphatic carbocycles. The number of hydrogen-bond acceptors (Lipinski definition) is 4. The van der Waals surface area contributed by atoms with Gasteiger partial charge >= 0.3 is 0 Å². The first kappa shape index (κ1) is 8.31. The molecule has 2 aromatic rings. The van der Waals surface area contributed by atoms with Gasteiger partial charge in [-0.15, -0.1) is 11.6 Å². The maximum absolute atomic E-state index is 5.76. The molecule has 0 amide bonds. The number of hydrogen-bond donors (Lipinski definition) is 0. The molecule has 13 heavy (non-hydrogen) atoms. The van der Waals surface area contributed by atoms with E-state index in [-0.39, 0.29) is 5.38 Å². The molecule has 2 heterocycles. The van der Waals surface area contributed by atoms with E-state index in [0.717, 1.165) is 5.56 Å². The molecule has 68 valence electrons. The van der Waals surface area contributed by atoms with Crippen molar-refractivity contribution in [3.8, 4) is 11.4 Å². The second-order valence-electron chi connectivity index (χ2n) is 2.58. The van der Waals surface area contributed by atoms with Gasteiger partial charge in [-0.2, -0.15) is 4.98 Å². The predicted octanol–water partition coefficient (Wildman–Crippen LogP) is 2.63. The van der Waals surface area contributed by atoms with E-state index in [2.05, 4.69) is 10.1 Å². The van der Waals surface area contributed by atoms with E-state index in [1.807, 2.05) is 0 Å². The minimum Gasteiger partial charge on any atom is -0.472 e. The van der Waals surface area contributed by atoms with Gasteiger partial charge in [0.05, 0.1) is 11.8 Å². The van der Waals surface area contributed by atoms with Crippen LogP contribution in [-0.4, -0.2) is 10.1 Å². The number of nitrogens with zero attached hydrogens (tertiary/aromatic N) is 2. The molecule has 2 aromatic heterocycles. The van der Waals surface area contributed by atoms with Gasteiger partial charge in [0.2, 0.25) is 11.7 Å².